The number of carbonyl (C=O) groups excluding carboxylic acids is 1. The summed E-state index contributed by atoms with van der Waals surface area (Å²) in [6.07, 6.45) is 4.18. The molecule has 0 unspecified atom stereocenters. The number of halogens is 1. The molecule has 1 amide bonds. The summed E-state index contributed by atoms with van der Waals surface area (Å²) in [4.78, 5) is 19.1. The van der Waals surface area contributed by atoms with Gasteiger partial charge in [-0.1, -0.05) is 22.0 Å². The summed E-state index contributed by atoms with van der Waals surface area (Å²) in [6.45, 7) is 2.49. The molecular formula is C13H14BrN3O. The van der Waals surface area contributed by atoms with E-state index >= 15 is 0 Å². The number of aromatic amines is 1. The maximum atomic E-state index is 12.0. The van der Waals surface area contributed by atoms with E-state index in [1.54, 1.807) is 12.4 Å². The molecule has 4 nitrogen and oxygen atoms in total. The number of nitrogens with one attached hydrogen (secondary N) is 2. The summed E-state index contributed by atoms with van der Waals surface area (Å²) in [7, 11) is 0. The van der Waals surface area contributed by atoms with Crippen molar-refractivity contribution in [2.24, 2.45) is 0 Å². The first-order valence-electron chi connectivity index (χ1n) is 5.70. The summed E-state index contributed by atoms with van der Waals surface area (Å²) in [5.74, 6) is 0.821. The zero-order valence-corrected chi connectivity index (χ0v) is 11.6. The molecule has 2 rings (SSSR count). The van der Waals surface area contributed by atoms with Gasteiger partial charge in [0, 0.05) is 35.4 Å². The van der Waals surface area contributed by atoms with Crippen LogP contribution in [0.15, 0.2) is 35.1 Å². The number of nitrogens with zero attached hydrogens (tertiary/aromatic N) is 1. The monoisotopic (exact) mass is 307 g/mol. The van der Waals surface area contributed by atoms with E-state index in [1.165, 1.54) is 0 Å². The molecule has 94 valence electrons. The lowest BCUT2D eigenvalue weighted by atomic mass is 10.1. The molecule has 1 heterocycles. The van der Waals surface area contributed by atoms with Crippen LogP contribution in [0.3, 0.4) is 0 Å². The maximum absolute atomic E-state index is 12.0. The van der Waals surface area contributed by atoms with Crippen molar-refractivity contribution >= 4 is 21.8 Å². The van der Waals surface area contributed by atoms with Crippen LogP contribution in [0.1, 0.15) is 21.7 Å². The quantitative estimate of drug-likeness (QED) is 0.911. The van der Waals surface area contributed by atoms with Crippen LogP contribution in [0.2, 0.25) is 0 Å². The van der Waals surface area contributed by atoms with E-state index in [0.717, 1.165) is 15.9 Å². The molecule has 0 bridgehead atoms. The van der Waals surface area contributed by atoms with Gasteiger partial charge in [0.15, 0.2) is 0 Å². The van der Waals surface area contributed by atoms with Crippen LogP contribution in [0, 0.1) is 6.92 Å². The Balaban J connectivity index is 1.93. The Hall–Kier alpha value is -1.62. The van der Waals surface area contributed by atoms with Gasteiger partial charge < -0.3 is 10.3 Å². The van der Waals surface area contributed by atoms with Gasteiger partial charge >= 0.3 is 0 Å². The summed E-state index contributed by atoms with van der Waals surface area (Å²) in [5.41, 5.74) is 1.65. The zero-order chi connectivity index (χ0) is 13.0. The standard InChI is InChI=1S/C13H14BrN3O/c1-9-10(3-2-4-11(9)14)13(18)17-6-5-12-15-7-8-16-12/h2-4,7-8H,5-6H2,1H3,(H,15,16)(H,17,18). The highest BCUT2D eigenvalue weighted by atomic mass is 79.9. The number of aromatic nitrogens is 2. The average Bonchev–Trinajstić information content (AvgIpc) is 2.85. The third-order valence-corrected chi connectivity index (χ3v) is 3.57. The van der Waals surface area contributed by atoms with Crippen LogP contribution in [-0.2, 0) is 6.42 Å². The molecule has 0 saturated carbocycles. The van der Waals surface area contributed by atoms with E-state index in [1.807, 2.05) is 25.1 Å². The summed E-state index contributed by atoms with van der Waals surface area (Å²) in [6, 6.07) is 5.61. The molecule has 1 aromatic carbocycles. The molecular weight excluding hydrogens is 294 g/mol. The second-order valence-corrected chi connectivity index (χ2v) is 4.81. The van der Waals surface area contributed by atoms with Crippen molar-refractivity contribution in [3.05, 3.63) is 52.0 Å². The fourth-order valence-electron chi connectivity index (χ4n) is 1.68. The number of hydrogen-bond donors (Lipinski definition) is 2. The molecule has 2 N–H and O–H groups in total. The Labute approximate surface area is 114 Å². The lowest BCUT2D eigenvalue weighted by Crippen LogP contribution is -2.26. The summed E-state index contributed by atoms with van der Waals surface area (Å²) < 4.78 is 0.946. The SMILES string of the molecule is Cc1c(Br)cccc1C(=O)NCCc1ncc[nH]1. The highest BCUT2D eigenvalue weighted by Crippen LogP contribution is 2.19. The number of benzene rings is 1. The maximum Gasteiger partial charge on any atom is 0.251 e. The van der Waals surface area contributed by atoms with Crippen LogP contribution in [-0.4, -0.2) is 22.4 Å². The summed E-state index contributed by atoms with van der Waals surface area (Å²) >= 11 is 3.42. The van der Waals surface area contributed by atoms with Gasteiger partial charge in [-0.15, -0.1) is 0 Å². The van der Waals surface area contributed by atoms with E-state index in [4.69, 9.17) is 0 Å². The Morgan fingerprint density at radius 2 is 2.33 bits per heavy atom. The first-order valence-corrected chi connectivity index (χ1v) is 6.49. The van der Waals surface area contributed by atoms with E-state index in [-0.39, 0.29) is 5.91 Å². The molecule has 0 aliphatic rings. The van der Waals surface area contributed by atoms with Gasteiger partial charge in [-0.25, -0.2) is 4.98 Å². The summed E-state index contributed by atoms with van der Waals surface area (Å²) in [5, 5.41) is 2.89. The van der Waals surface area contributed by atoms with Crippen molar-refractivity contribution in [1.82, 2.24) is 15.3 Å². The van der Waals surface area contributed by atoms with Crippen LogP contribution < -0.4 is 5.32 Å². The minimum atomic E-state index is -0.0552. The normalized spacial score (nSPS) is 10.3. The number of carbonyl (C=O) groups is 1. The van der Waals surface area contributed by atoms with E-state index < -0.39 is 0 Å². The molecule has 0 saturated heterocycles. The molecule has 0 radical (unpaired) electrons. The number of H-pyrrole nitrogens is 1. The first kappa shape index (κ1) is 12.8. The predicted molar refractivity (Wildman–Crippen MR) is 73.5 cm³/mol. The molecule has 18 heavy (non-hydrogen) atoms. The van der Waals surface area contributed by atoms with Crippen LogP contribution >= 0.6 is 15.9 Å². The van der Waals surface area contributed by atoms with E-state index in [2.05, 4.69) is 31.2 Å². The fraction of sp³-hybridized carbons (Fsp3) is 0.231. The second kappa shape index (κ2) is 5.82. The molecule has 0 spiro atoms. The van der Waals surface area contributed by atoms with Gasteiger partial charge in [-0.2, -0.15) is 0 Å². The van der Waals surface area contributed by atoms with Crippen molar-refractivity contribution < 1.29 is 4.79 Å². The zero-order valence-electron chi connectivity index (χ0n) is 10.0. The number of hydrogen-bond acceptors (Lipinski definition) is 2. The van der Waals surface area contributed by atoms with Gasteiger partial charge in [0.1, 0.15) is 5.82 Å². The topological polar surface area (TPSA) is 57.8 Å². The Kier molecular flexibility index (Phi) is 4.15. The molecule has 0 fully saturated rings. The van der Waals surface area contributed by atoms with Gasteiger partial charge in [0.2, 0.25) is 0 Å². The first-order chi connectivity index (χ1) is 8.68. The number of imidazole rings is 1. The Bertz CT molecular complexity index is 537. The van der Waals surface area contributed by atoms with E-state index in [0.29, 0.717) is 18.5 Å². The minimum absolute atomic E-state index is 0.0552. The van der Waals surface area contributed by atoms with Crippen molar-refractivity contribution in [1.29, 1.82) is 0 Å². The van der Waals surface area contributed by atoms with Crippen molar-refractivity contribution in [3.8, 4) is 0 Å². The third kappa shape index (κ3) is 2.98. The van der Waals surface area contributed by atoms with Gasteiger partial charge in [-0.3, -0.25) is 4.79 Å². The average molecular weight is 308 g/mol. The van der Waals surface area contributed by atoms with Gasteiger partial charge in [0.25, 0.3) is 5.91 Å². The van der Waals surface area contributed by atoms with Crippen molar-refractivity contribution in [2.75, 3.05) is 6.54 Å². The largest absolute Gasteiger partial charge is 0.352 e. The van der Waals surface area contributed by atoms with Crippen molar-refractivity contribution in [2.45, 2.75) is 13.3 Å². The van der Waals surface area contributed by atoms with Gasteiger partial charge in [-0.05, 0) is 24.6 Å². The fourth-order valence-corrected chi connectivity index (χ4v) is 2.04. The molecule has 2 aromatic rings. The predicted octanol–water partition coefficient (Wildman–Crippen LogP) is 2.45. The molecule has 0 aliphatic carbocycles. The van der Waals surface area contributed by atoms with Gasteiger partial charge in [0.05, 0.1) is 0 Å². The Morgan fingerprint density at radius 1 is 1.50 bits per heavy atom. The molecule has 5 heteroatoms. The Morgan fingerprint density at radius 3 is 3.06 bits per heavy atom. The third-order valence-electron chi connectivity index (χ3n) is 2.71. The molecule has 0 aliphatic heterocycles. The van der Waals surface area contributed by atoms with Crippen LogP contribution in [0.25, 0.3) is 0 Å². The highest BCUT2D eigenvalue weighted by Gasteiger charge is 2.09. The number of amides is 1. The smallest absolute Gasteiger partial charge is 0.251 e. The van der Waals surface area contributed by atoms with Crippen molar-refractivity contribution in [3.63, 3.8) is 0 Å². The molecule has 0 atom stereocenters. The van der Waals surface area contributed by atoms with Crippen LogP contribution in [0.5, 0.6) is 0 Å². The minimum Gasteiger partial charge on any atom is -0.352 e. The highest BCUT2D eigenvalue weighted by molar-refractivity contribution is 9.10. The van der Waals surface area contributed by atoms with Crippen LogP contribution in [0.4, 0.5) is 0 Å². The van der Waals surface area contributed by atoms with E-state index in [9.17, 15) is 4.79 Å². The number of rotatable bonds is 4. The second-order valence-electron chi connectivity index (χ2n) is 3.95. The molecule has 1 aromatic heterocycles. The lowest BCUT2D eigenvalue weighted by molar-refractivity contribution is 0.0953. The lowest BCUT2D eigenvalue weighted by Gasteiger charge is -2.08.